The lowest BCUT2D eigenvalue weighted by Gasteiger charge is -2.23. The highest BCUT2D eigenvalue weighted by atomic mass is 16.2. The maximum absolute atomic E-state index is 12.9. The summed E-state index contributed by atoms with van der Waals surface area (Å²) < 4.78 is 0. The van der Waals surface area contributed by atoms with E-state index in [9.17, 15) is 9.59 Å². The molecular weight excluding hydrogens is 326 g/mol. The van der Waals surface area contributed by atoms with Crippen LogP contribution in [0.5, 0.6) is 0 Å². The van der Waals surface area contributed by atoms with Crippen molar-refractivity contribution < 1.29 is 9.59 Å². The first kappa shape index (κ1) is 18.1. The second kappa shape index (κ2) is 7.28. The number of nitrogens with one attached hydrogen (secondary N) is 1. The molecule has 0 unspecified atom stereocenters. The van der Waals surface area contributed by atoms with Crippen LogP contribution in [0.3, 0.4) is 0 Å². The summed E-state index contributed by atoms with van der Waals surface area (Å²) in [6.45, 7) is 4.53. The van der Waals surface area contributed by atoms with Crippen molar-refractivity contribution >= 4 is 17.5 Å². The molecular formula is C21H25N3O2. The zero-order valence-electron chi connectivity index (χ0n) is 15.6. The molecule has 0 spiro atoms. The number of carbonyl (C=O) groups is 2. The fraction of sp³-hybridized carbons (Fsp3) is 0.381. The van der Waals surface area contributed by atoms with Crippen molar-refractivity contribution in [2.45, 2.75) is 33.1 Å². The largest absolute Gasteiger partial charge is 0.344 e. The van der Waals surface area contributed by atoms with Crippen molar-refractivity contribution in [1.29, 1.82) is 0 Å². The highest BCUT2D eigenvalue weighted by Gasteiger charge is 2.57. The fourth-order valence-electron chi connectivity index (χ4n) is 3.09. The van der Waals surface area contributed by atoms with Gasteiger partial charge in [0.1, 0.15) is 5.41 Å². The van der Waals surface area contributed by atoms with E-state index in [0.29, 0.717) is 19.4 Å². The number of aryl methyl sites for hydroxylation is 2. The lowest BCUT2D eigenvalue weighted by Crippen LogP contribution is -2.42. The van der Waals surface area contributed by atoms with E-state index in [1.165, 1.54) is 0 Å². The third-order valence-corrected chi connectivity index (χ3v) is 5.07. The molecule has 1 aromatic carbocycles. The second-order valence-corrected chi connectivity index (χ2v) is 7.19. The molecule has 3 rings (SSSR count). The van der Waals surface area contributed by atoms with Crippen LogP contribution < -0.4 is 5.32 Å². The maximum atomic E-state index is 12.9. The van der Waals surface area contributed by atoms with E-state index in [2.05, 4.69) is 10.3 Å². The number of benzene rings is 1. The van der Waals surface area contributed by atoms with Crippen molar-refractivity contribution in [2.75, 3.05) is 18.9 Å². The van der Waals surface area contributed by atoms with Crippen LogP contribution in [0.4, 0.5) is 5.69 Å². The van der Waals surface area contributed by atoms with E-state index in [4.69, 9.17) is 0 Å². The van der Waals surface area contributed by atoms with Gasteiger partial charge in [0.15, 0.2) is 0 Å². The van der Waals surface area contributed by atoms with Crippen molar-refractivity contribution in [3.63, 3.8) is 0 Å². The third kappa shape index (κ3) is 3.77. The average molecular weight is 351 g/mol. The molecule has 1 saturated carbocycles. The first-order valence-electron chi connectivity index (χ1n) is 8.95. The molecule has 0 aliphatic heterocycles. The van der Waals surface area contributed by atoms with Gasteiger partial charge in [-0.2, -0.15) is 0 Å². The molecule has 0 bridgehead atoms. The van der Waals surface area contributed by atoms with Crippen LogP contribution in [-0.4, -0.2) is 35.3 Å². The van der Waals surface area contributed by atoms with E-state index >= 15 is 0 Å². The number of carbonyl (C=O) groups excluding carboxylic acids is 2. The topological polar surface area (TPSA) is 62.3 Å². The first-order valence-corrected chi connectivity index (χ1v) is 8.95. The van der Waals surface area contributed by atoms with Crippen molar-refractivity contribution in [3.8, 4) is 0 Å². The first-order chi connectivity index (χ1) is 12.4. The molecule has 1 heterocycles. The summed E-state index contributed by atoms with van der Waals surface area (Å²) in [5.74, 6) is -0.277. The molecule has 0 saturated heterocycles. The van der Waals surface area contributed by atoms with Gasteiger partial charge < -0.3 is 10.2 Å². The zero-order chi connectivity index (χ0) is 18.7. The molecule has 1 aliphatic carbocycles. The Morgan fingerprint density at radius 1 is 1.15 bits per heavy atom. The number of amides is 2. The predicted molar refractivity (Wildman–Crippen MR) is 102 cm³/mol. The van der Waals surface area contributed by atoms with Gasteiger partial charge in [-0.25, -0.2) is 0 Å². The fourth-order valence-corrected chi connectivity index (χ4v) is 3.09. The average Bonchev–Trinajstić information content (AvgIpc) is 3.45. The molecule has 5 nitrogen and oxygen atoms in total. The van der Waals surface area contributed by atoms with Gasteiger partial charge in [0.25, 0.3) is 0 Å². The maximum Gasteiger partial charge on any atom is 0.240 e. The minimum absolute atomic E-state index is 0.0886. The van der Waals surface area contributed by atoms with E-state index in [1.807, 2.05) is 44.2 Å². The number of hydrogen-bond donors (Lipinski definition) is 1. The Kier molecular flexibility index (Phi) is 5.07. The van der Waals surface area contributed by atoms with Gasteiger partial charge in [0, 0.05) is 31.7 Å². The molecule has 2 amide bonds. The lowest BCUT2D eigenvalue weighted by atomic mass is 10.0. The Labute approximate surface area is 154 Å². The minimum atomic E-state index is -0.900. The summed E-state index contributed by atoms with van der Waals surface area (Å²) in [7, 11) is 1.77. The van der Waals surface area contributed by atoms with Crippen LogP contribution in [0.25, 0.3) is 0 Å². The molecule has 26 heavy (non-hydrogen) atoms. The van der Waals surface area contributed by atoms with Gasteiger partial charge in [-0.1, -0.05) is 12.1 Å². The molecule has 1 aliphatic rings. The summed E-state index contributed by atoms with van der Waals surface area (Å²) in [4.78, 5) is 31.4. The van der Waals surface area contributed by atoms with Crippen LogP contribution in [0.2, 0.25) is 0 Å². The number of anilines is 1. The van der Waals surface area contributed by atoms with Gasteiger partial charge in [-0.3, -0.25) is 14.6 Å². The Balaban J connectivity index is 1.64. The normalized spacial score (nSPS) is 14.6. The third-order valence-electron chi connectivity index (χ3n) is 5.07. The van der Waals surface area contributed by atoms with Gasteiger partial charge in [-0.05, 0) is 68.0 Å². The number of rotatable bonds is 6. The Morgan fingerprint density at radius 2 is 1.85 bits per heavy atom. The van der Waals surface area contributed by atoms with Crippen LogP contribution in [0.1, 0.15) is 29.5 Å². The standard InChI is InChI=1S/C21H25N3O2/c1-15-4-5-16(2)18(14-15)23-19(25)21(9-10-21)20(26)24(3)13-8-17-6-11-22-12-7-17/h4-7,11-12,14H,8-10,13H2,1-3H3,(H,23,25). The van der Waals surface area contributed by atoms with E-state index in [-0.39, 0.29) is 11.8 Å². The number of pyridine rings is 1. The summed E-state index contributed by atoms with van der Waals surface area (Å²) in [5, 5.41) is 2.97. The zero-order valence-corrected chi connectivity index (χ0v) is 15.6. The quantitative estimate of drug-likeness (QED) is 0.814. The second-order valence-electron chi connectivity index (χ2n) is 7.19. The van der Waals surface area contributed by atoms with Crippen molar-refractivity contribution in [3.05, 3.63) is 59.4 Å². The van der Waals surface area contributed by atoms with Gasteiger partial charge >= 0.3 is 0 Å². The van der Waals surface area contributed by atoms with Gasteiger partial charge in [-0.15, -0.1) is 0 Å². The summed E-state index contributed by atoms with van der Waals surface area (Å²) >= 11 is 0. The Bertz CT molecular complexity index is 813. The number of hydrogen-bond acceptors (Lipinski definition) is 3. The van der Waals surface area contributed by atoms with E-state index < -0.39 is 5.41 Å². The molecule has 2 aromatic rings. The summed E-state index contributed by atoms with van der Waals surface area (Å²) in [6, 6.07) is 9.82. The molecule has 0 radical (unpaired) electrons. The number of nitrogens with zero attached hydrogens (tertiary/aromatic N) is 2. The smallest absolute Gasteiger partial charge is 0.240 e. The highest BCUT2D eigenvalue weighted by molar-refractivity contribution is 6.13. The summed E-state index contributed by atoms with van der Waals surface area (Å²) in [5.41, 5.74) is 3.09. The monoisotopic (exact) mass is 351 g/mol. The van der Waals surface area contributed by atoms with Crippen LogP contribution in [0, 0.1) is 19.3 Å². The SMILES string of the molecule is Cc1ccc(C)c(NC(=O)C2(C(=O)N(C)CCc3ccncc3)CC2)c1. The van der Waals surface area contributed by atoms with Crippen molar-refractivity contribution in [2.24, 2.45) is 5.41 Å². The lowest BCUT2D eigenvalue weighted by molar-refractivity contribution is -0.141. The Hall–Kier alpha value is -2.69. The van der Waals surface area contributed by atoms with Gasteiger partial charge in [0.05, 0.1) is 0 Å². The molecule has 5 heteroatoms. The molecule has 1 aromatic heterocycles. The highest BCUT2D eigenvalue weighted by Crippen LogP contribution is 2.48. The minimum Gasteiger partial charge on any atom is -0.344 e. The molecule has 1 fully saturated rings. The van der Waals surface area contributed by atoms with E-state index in [1.54, 1.807) is 24.3 Å². The van der Waals surface area contributed by atoms with Crippen LogP contribution in [0.15, 0.2) is 42.7 Å². The van der Waals surface area contributed by atoms with Crippen LogP contribution in [-0.2, 0) is 16.0 Å². The van der Waals surface area contributed by atoms with Crippen molar-refractivity contribution in [1.82, 2.24) is 9.88 Å². The summed E-state index contributed by atoms with van der Waals surface area (Å²) in [6.07, 6.45) is 5.47. The molecule has 1 N–H and O–H groups in total. The Morgan fingerprint density at radius 3 is 2.50 bits per heavy atom. The van der Waals surface area contributed by atoms with Gasteiger partial charge in [0.2, 0.25) is 11.8 Å². The van der Waals surface area contributed by atoms with E-state index in [0.717, 1.165) is 28.8 Å². The predicted octanol–water partition coefficient (Wildman–Crippen LogP) is 3.12. The molecule has 0 atom stereocenters. The number of likely N-dealkylation sites (N-methyl/N-ethyl adjacent to an activating group) is 1. The van der Waals surface area contributed by atoms with Crippen LogP contribution >= 0.6 is 0 Å². The number of aromatic nitrogens is 1. The molecule has 136 valence electrons.